The molecular formula is C15H25NO3. The first-order chi connectivity index (χ1) is 8.85. The van der Waals surface area contributed by atoms with Gasteiger partial charge in [-0.1, -0.05) is 20.8 Å². The molecule has 0 fully saturated rings. The van der Waals surface area contributed by atoms with E-state index in [2.05, 4.69) is 26.1 Å². The Morgan fingerprint density at radius 2 is 1.63 bits per heavy atom. The Morgan fingerprint density at radius 3 is 2.05 bits per heavy atom. The van der Waals surface area contributed by atoms with Crippen LogP contribution < -0.4 is 14.8 Å². The molecule has 4 nitrogen and oxygen atoms in total. The molecule has 0 aliphatic heterocycles. The van der Waals surface area contributed by atoms with Crippen LogP contribution in [0, 0.1) is 5.41 Å². The lowest BCUT2D eigenvalue weighted by atomic mass is 9.97. The van der Waals surface area contributed by atoms with Crippen LogP contribution in [-0.2, 0) is 0 Å². The average molecular weight is 267 g/mol. The first kappa shape index (κ1) is 15.8. The van der Waals surface area contributed by atoms with Gasteiger partial charge in [0.2, 0.25) is 0 Å². The largest absolute Gasteiger partial charge is 0.497 e. The van der Waals surface area contributed by atoms with E-state index >= 15 is 0 Å². The smallest absolute Gasteiger partial charge is 0.122 e. The van der Waals surface area contributed by atoms with Gasteiger partial charge in [-0.3, -0.25) is 0 Å². The van der Waals surface area contributed by atoms with E-state index in [0.29, 0.717) is 18.0 Å². The molecule has 0 saturated carbocycles. The minimum absolute atomic E-state index is 0.200. The number of aliphatic hydroxyl groups excluding tert-OH is 1. The summed E-state index contributed by atoms with van der Waals surface area (Å²) in [6, 6.07) is 5.44. The zero-order valence-corrected chi connectivity index (χ0v) is 12.5. The number of nitrogens with one attached hydrogen (secondary N) is 1. The summed E-state index contributed by atoms with van der Waals surface area (Å²) in [5.41, 5.74) is 0.990. The lowest BCUT2D eigenvalue weighted by Crippen LogP contribution is -2.30. The molecule has 0 bridgehead atoms. The number of ether oxygens (including phenoxy) is 2. The fourth-order valence-corrected chi connectivity index (χ4v) is 1.72. The first-order valence-electron chi connectivity index (χ1n) is 6.47. The molecule has 0 aliphatic carbocycles. The van der Waals surface area contributed by atoms with Gasteiger partial charge in [-0.25, -0.2) is 0 Å². The van der Waals surface area contributed by atoms with Crippen LogP contribution in [0.3, 0.4) is 0 Å². The van der Waals surface area contributed by atoms with Crippen LogP contribution in [0.4, 0.5) is 0 Å². The Labute approximate surface area is 115 Å². The van der Waals surface area contributed by atoms with Crippen LogP contribution in [0.2, 0.25) is 0 Å². The second-order valence-electron chi connectivity index (χ2n) is 5.85. The molecule has 0 aliphatic rings. The number of hydrogen-bond donors (Lipinski definition) is 2. The minimum atomic E-state index is -0.577. The molecule has 1 unspecified atom stereocenters. The number of benzene rings is 1. The van der Waals surface area contributed by atoms with E-state index in [1.165, 1.54) is 0 Å². The van der Waals surface area contributed by atoms with E-state index in [0.717, 1.165) is 12.1 Å². The molecule has 4 heteroatoms. The Kier molecular flexibility index (Phi) is 5.63. The highest BCUT2D eigenvalue weighted by Crippen LogP contribution is 2.26. The highest BCUT2D eigenvalue weighted by Gasteiger charge is 2.13. The second kappa shape index (κ2) is 6.78. The van der Waals surface area contributed by atoms with Crippen LogP contribution in [0.15, 0.2) is 18.2 Å². The van der Waals surface area contributed by atoms with Gasteiger partial charge in [0.1, 0.15) is 11.5 Å². The topological polar surface area (TPSA) is 50.7 Å². The quantitative estimate of drug-likeness (QED) is 0.831. The van der Waals surface area contributed by atoms with Crippen molar-refractivity contribution in [3.05, 3.63) is 23.8 Å². The van der Waals surface area contributed by atoms with Crippen molar-refractivity contribution >= 4 is 0 Å². The van der Waals surface area contributed by atoms with Gasteiger partial charge in [0, 0.05) is 19.2 Å². The zero-order chi connectivity index (χ0) is 14.5. The maximum absolute atomic E-state index is 10.2. The van der Waals surface area contributed by atoms with E-state index < -0.39 is 6.10 Å². The third-order valence-electron chi connectivity index (χ3n) is 2.75. The average Bonchev–Trinajstić information content (AvgIpc) is 2.36. The van der Waals surface area contributed by atoms with Crippen molar-refractivity contribution in [3.63, 3.8) is 0 Å². The number of methoxy groups -OCH3 is 2. The van der Waals surface area contributed by atoms with Gasteiger partial charge in [-0.15, -0.1) is 0 Å². The van der Waals surface area contributed by atoms with Crippen molar-refractivity contribution in [1.29, 1.82) is 0 Å². The Morgan fingerprint density at radius 1 is 1.11 bits per heavy atom. The second-order valence-corrected chi connectivity index (χ2v) is 5.85. The van der Waals surface area contributed by atoms with E-state index in [1.54, 1.807) is 20.3 Å². The molecular weight excluding hydrogens is 242 g/mol. The predicted molar refractivity (Wildman–Crippen MR) is 76.8 cm³/mol. The molecule has 1 atom stereocenters. The van der Waals surface area contributed by atoms with Gasteiger partial charge in [0.25, 0.3) is 0 Å². The van der Waals surface area contributed by atoms with Crippen LogP contribution in [0.1, 0.15) is 32.4 Å². The van der Waals surface area contributed by atoms with E-state index in [1.807, 2.05) is 12.1 Å². The van der Waals surface area contributed by atoms with Crippen LogP contribution in [0.5, 0.6) is 11.5 Å². The summed E-state index contributed by atoms with van der Waals surface area (Å²) in [4.78, 5) is 0. The fourth-order valence-electron chi connectivity index (χ4n) is 1.72. The third kappa shape index (κ3) is 5.49. The number of hydrogen-bond acceptors (Lipinski definition) is 4. The number of aliphatic hydroxyl groups is 1. The van der Waals surface area contributed by atoms with Gasteiger partial charge in [-0.2, -0.15) is 0 Å². The molecule has 0 amide bonds. The van der Waals surface area contributed by atoms with Crippen LogP contribution >= 0.6 is 0 Å². The molecule has 0 spiro atoms. The van der Waals surface area contributed by atoms with Crippen molar-refractivity contribution in [3.8, 4) is 11.5 Å². The molecule has 0 radical (unpaired) electrons. The van der Waals surface area contributed by atoms with E-state index in [4.69, 9.17) is 9.47 Å². The predicted octanol–water partition coefficient (Wildman–Crippen LogP) is 2.37. The highest BCUT2D eigenvalue weighted by molar-refractivity contribution is 5.39. The molecule has 0 saturated heterocycles. The van der Waals surface area contributed by atoms with E-state index in [-0.39, 0.29) is 5.41 Å². The molecule has 0 aromatic heterocycles. The van der Waals surface area contributed by atoms with Crippen LogP contribution in [0.25, 0.3) is 0 Å². The number of rotatable bonds is 6. The van der Waals surface area contributed by atoms with Crippen molar-refractivity contribution in [2.75, 3.05) is 27.3 Å². The Balaban J connectivity index is 2.68. The fraction of sp³-hybridized carbons (Fsp3) is 0.600. The van der Waals surface area contributed by atoms with Gasteiger partial charge in [-0.05, 0) is 23.1 Å². The lowest BCUT2D eigenvalue weighted by Gasteiger charge is -2.21. The third-order valence-corrected chi connectivity index (χ3v) is 2.75. The van der Waals surface area contributed by atoms with Gasteiger partial charge in [0.15, 0.2) is 0 Å². The van der Waals surface area contributed by atoms with Crippen molar-refractivity contribution in [2.24, 2.45) is 5.41 Å². The minimum Gasteiger partial charge on any atom is -0.497 e. The summed E-state index contributed by atoms with van der Waals surface area (Å²) >= 11 is 0. The maximum Gasteiger partial charge on any atom is 0.122 e. The monoisotopic (exact) mass is 267 g/mol. The summed E-state index contributed by atoms with van der Waals surface area (Å²) in [5, 5.41) is 13.5. The standard InChI is InChI=1S/C15H25NO3/c1-15(2,3)10-16-9-14(17)11-6-12(18-4)8-13(7-11)19-5/h6-8,14,16-17H,9-10H2,1-5H3. The Bertz CT molecular complexity index is 377. The zero-order valence-electron chi connectivity index (χ0n) is 12.5. The molecule has 1 aromatic rings. The Hall–Kier alpha value is -1.26. The normalized spacial score (nSPS) is 13.2. The van der Waals surface area contributed by atoms with Gasteiger partial charge >= 0.3 is 0 Å². The molecule has 108 valence electrons. The molecule has 0 heterocycles. The highest BCUT2D eigenvalue weighted by atomic mass is 16.5. The molecule has 1 aromatic carbocycles. The summed E-state index contributed by atoms with van der Waals surface area (Å²) in [5.74, 6) is 1.37. The lowest BCUT2D eigenvalue weighted by molar-refractivity contribution is 0.169. The first-order valence-corrected chi connectivity index (χ1v) is 6.47. The van der Waals surface area contributed by atoms with Crippen LogP contribution in [-0.4, -0.2) is 32.4 Å². The molecule has 1 rings (SSSR count). The van der Waals surface area contributed by atoms with Crippen molar-refractivity contribution in [1.82, 2.24) is 5.32 Å². The van der Waals surface area contributed by atoms with Gasteiger partial charge in [0.05, 0.1) is 20.3 Å². The summed E-state index contributed by atoms with van der Waals surface area (Å²) in [6.07, 6.45) is -0.577. The SMILES string of the molecule is COc1cc(OC)cc(C(O)CNCC(C)(C)C)c1. The molecule has 19 heavy (non-hydrogen) atoms. The van der Waals surface area contributed by atoms with Gasteiger partial charge < -0.3 is 19.9 Å². The maximum atomic E-state index is 10.2. The summed E-state index contributed by atoms with van der Waals surface area (Å²) < 4.78 is 10.4. The van der Waals surface area contributed by atoms with E-state index in [9.17, 15) is 5.11 Å². The van der Waals surface area contributed by atoms with Crippen molar-refractivity contribution in [2.45, 2.75) is 26.9 Å². The van der Waals surface area contributed by atoms with Crippen molar-refractivity contribution < 1.29 is 14.6 Å². The molecule has 2 N–H and O–H groups in total. The summed E-state index contributed by atoms with van der Waals surface area (Å²) in [7, 11) is 3.20. The summed E-state index contributed by atoms with van der Waals surface area (Å²) in [6.45, 7) is 7.82.